The highest BCUT2D eigenvalue weighted by atomic mass is 15.1. The van der Waals surface area contributed by atoms with Gasteiger partial charge in [-0.1, -0.05) is 103 Å². The summed E-state index contributed by atoms with van der Waals surface area (Å²) in [7, 11) is 0. The molecule has 2 heterocycles. The van der Waals surface area contributed by atoms with E-state index >= 15 is 0 Å². The first-order valence-electron chi connectivity index (χ1n) is 16.2. The molecule has 9 rings (SSSR count). The molecule has 1 aliphatic heterocycles. The minimum atomic E-state index is 0.967. The fourth-order valence-corrected chi connectivity index (χ4v) is 7.10. The van der Waals surface area contributed by atoms with E-state index in [0.29, 0.717) is 0 Å². The second kappa shape index (κ2) is 11.4. The Morgan fingerprint density at radius 2 is 1.04 bits per heavy atom. The number of anilines is 3. The van der Waals surface area contributed by atoms with Gasteiger partial charge in [0.2, 0.25) is 0 Å². The average Bonchev–Trinajstić information content (AvgIpc) is 3.48. The molecule has 0 bridgehead atoms. The van der Waals surface area contributed by atoms with E-state index in [9.17, 15) is 0 Å². The molecule has 0 spiro atoms. The average molecular weight is 602 g/mol. The second-order valence-electron chi connectivity index (χ2n) is 12.1. The number of aromatic nitrogens is 1. The Labute approximate surface area is 274 Å². The molecule has 0 N–H and O–H groups in total. The lowest BCUT2D eigenvalue weighted by Gasteiger charge is -2.26. The third-order valence-corrected chi connectivity index (χ3v) is 9.36. The smallest absolute Gasteiger partial charge is 0.0701 e. The van der Waals surface area contributed by atoms with Crippen LogP contribution >= 0.6 is 0 Å². The minimum Gasteiger partial charge on any atom is -0.311 e. The van der Waals surface area contributed by atoms with Crippen molar-refractivity contribution in [2.45, 2.75) is 12.8 Å². The van der Waals surface area contributed by atoms with Gasteiger partial charge in [-0.15, -0.1) is 0 Å². The van der Waals surface area contributed by atoms with Crippen LogP contribution in [0.3, 0.4) is 0 Å². The van der Waals surface area contributed by atoms with E-state index in [1.165, 1.54) is 44.2 Å². The Morgan fingerprint density at radius 3 is 1.68 bits per heavy atom. The van der Waals surface area contributed by atoms with Gasteiger partial charge in [-0.05, 0) is 111 Å². The van der Waals surface area contributed by atoms with Crippen LogP contribution in [0.25, 0.3) is 61.1 Å². The van der Waals surface area contributed by atoms with Gasteiger partial charge in [0.15, 0.2) is 0 Å². The van der Waals surface area contributed by atoms with Gasteiger partial charge in [0.25, 0.3) is 0 Å². The third kappa shape index (κ3) is 4.76. The Bertz CT molecular complexity index is 2290. The number of hydrogen-bond acceptors (Lipinski definition) is 3. The molecule has 1 aliphatic carbocycles. The maximum Gasteiger partial charge on any atom is 0.0701 e. The summed E-state index contributed by atoms with van der Waals surface area (Å²) in [6.07, 6.45) is 8.12. The molecule has 7 aromatic rings. The van der Waals surface area contributed by atoms with Crippen molar-refractivity contribution < 1.29 is 0 Å². The molecule has 0 fully saturated rings. The Hall–Kier alpha value is -6.06. The number of benzene rings is 6. The first-order chi connectivity index (χ1) is 23.3. The molecule has 0 saturated carbocycles. The first-order valence-corrected chi connectivity index (χ1v) is 16.2. The summed E-state index contributed by atoms with van der Waals surface area (Å²) < 4.78 is 0. The molecule has 0 unspecified atom stereocenters. The molecular weight excluding hydrogens is 571 g/mol. The fraction of sp³-hybridized carbons (Fsp3) is 0.0455. The second-order valence-corrected chi connectivity index (χ2v) is 12.1. The van der Waals surface area contributed by atoms with Crippen LogP contribution in [0.4, 0.5) is 17.1 Å². The van der Waals surface area contributed by atoms with Gasteiger partial charge >= 0.3 is 0 Å². The number of nitrogens with zero attached hydrogens (tertiary/aromatic N) is 3. The van der Waals surface area contributed by atoms with Crippen molar-refractivity contribution in [3.63, 3.8) is 0 Å². The zero-order valence-corrected chi connectivity index (χ0v) is 25.8. The molecule has 1 aromatic heterocycles. The van der Waals surface area contributed by atoms with E-state index in [-0.39, 0.29) is 0 Å². The lowest BCUT2D eigenvalue weighted by Crippen LogP contribution is -2.10. The minimum absolute atomic E-state index is 0.967. The number of fused-ring (bicyclic) bond motifs is 3. The number of aliphatic imine (C=N–C) groups is 1. The zero-order chi connectivity index (χ0) is 31.2. The molecule has 3 nitrogen and oxygen atoms in total. The summed E-state index contributed by atoms with van der Waals surface area (Å²) in [5.74, 6) is 0. The molecule has 0 radical (unpaired) electrons. The predicted molar refractivity (Wildman–Crippen MR) is 197 cm³/mol. The van der Waals surface area contributed by atoms with Gasteiger partial charge in [-0.3, -0.25) is 9.98 Å². The zero-order valence-electron chi connectivity index (χ0n) is 25.8. The van der Waals surface area contributed by atoms with Crippen LogP contribution in [0.1, 0.15) is 18.4 Å². The van der Waals surface area contributed by atoms with E-state index in [0.717, 1.165) is 52.4 Å². The van der Waals surface area contributed by atoms with Crippen LogP contribution in [-0.4, -0.2) is 11.2 Å². The van der Waals surface area contributed by atoms with Crippen LogP contribution in [0.2, 0.25) is 0 Å². The summed E-state index contributed by atoms with van der Waals surface area (Å²) in [5, 5.41) is 2.64. The van der Waals surface area contributed by atoms with Gasteiger partial charge in [-0.2, -0.15) is 0 Å². The molecule has 222 valence electrons. The molecule has 0 amide bonds. The van der Waals surface area contributed by atoms with Crippen molar-refractivity contribution in [1.29, 1.82) is 0 Å². The van der Waals surface area contributed by atoms with Crippen molar-refractivity contribution in [1.82, 2.24) is 4.98 Å². The summed E-state index contributed by atoms with van der Waals surface area (Å²) in [4.78, 5) is 11.5. The highest BCUT2D eigenvalue weighted by Gasteiger charge is 2.22. The van der Waals surface area contributed by atoms with Crippen molar-refractivity contribution in [3.8, 4) is 44.6 Å². The van der Waals surface area contributed by atoms with Gasteiger partial charge in [0, 0.05) is 35.0 Å². The van der Waals surface area contributed by atoms with E-state index < -0.39 is 0 Å². The monoisotopic (exact) mass is 601 g/mol. The highest BCUT2D eigenvalue weighted by molar-refractivity contribution is 6.18. The van der Waals surface area contributed by atoms with Crippen molar-refractivity contribution >= 4 is 39.7 Å². The predicted octanol–water partition coefficient (Wildman–Crippen LogP) is 11.9. The standard InChI is InChI=1S/C44H31N3/c1-2-9-38-37(8-1)40-11-7-10-39-36(26-27-41(38)44(39)40)30-14-20-33(21-15-30)47(34-22-16-31(17-23-34)42-12-3-5-28-45-42)35-24-18-32(19-25-35)43-13-4-6-29-46-43/h1-3,5,7-29H,4,6H2. The first kappa shape index (κ1) is 27.3. The Morgan fingerprint density at radius 1 is 0.447 bits per heavy atom. The van der Waals surface area contributed by atoms with E-state index in [1.54, 1.807) is 0 Å². The van der Waals surface area contributed by atoms with E-state index in [2.05, 4.69) is 148 Å². The van der Waals surface area contributed by atoms with Gasteiger partial charge in [-0.25, -0.2) is 0 Å². The Balaban J connectivity index is 1.11. The maximum atomic E-state index is 4.63. The van der Waals surface area contributed by atoms with Gasteiger partial charge in [0.1, 0.15) is 0 Å². The molecule has 3 heteroatoms. The van der Waals surface area contributed by atoms with Crippen LogP contribution in [-0.2, 0) is 0 Å². The van der Waals surface area contributed by atoms with Crippen LogP contribution in [0, 0.1) is 0 Å². The lowest BCUT2D eigenvalue weighted by molar-refractivity contribution is 1.09. The largest absolute Gasteiger partial charge is 0.311 e. The fourth-order valence-electron chi connectivity index (χ4n) is 7.10. The summed E-state index contributed by atoms with van der Waals surface area (Å²) >= 11 is 0. The van der Waals surface area contributed by atoms with Crippen LogP contribution in [0.5, 0.6) is 0 Å². The molecular formula is C44H31N3. The number of hydrogen-bond donors (Lipinski definition) is 0. The summed E-state index contributed by atoms with van der Waals surface area (Å²) in [6.45, 7) is 0. The molecule has 6 aromatic carbocycles. The number of rotatable bonds is 6. The van der Waals surface area contributed by atoms with E-state index in [1.807, 2.05) is 30.6 Å². The van der Waals surface area contributed by atoms with E-state index in [4.69, 9.17) is 0 Å². The summed E-state index contributed by atoms with van der Waals surface area (Å²) in [6, 6.07) is 52.5. The third-order valence-electron chi connectivity index (χ3n) is 9.36. The van der Waals surface area contributed by atoms with Crippen LogP contribution < -0.4 is 4.90 Å². The van der Waals surface area contributed by atoms with Crippen molar-refractivity contribution in [3.05, 3.63) is 163 Å². The number of pyridine rings is 1. The SMILES string of the molecule is C1=NC(c2ccc(N(c3ccc(-c4ccccn4)cc3)c3ccc(-c4ccc5c6c(cccc46)-c4ccccc4-5)cc3)cc2)=CCC1. The van der Waals surface area contributed by atoms with Crippen LogP contribution in [0.15, 0.2) is 163 Å². The quantitative estimate of drug-likeness (QED) is 0.190. The summed E-state index contributed by atoms with van der Waals surface area (Å²) in [5.41, 5.74) is 15.3. The van der Waals surface area contributed by atoms with Crippen molar-refractivity contribution in [2.24, 2.45) is 4.99 Å². The number of allylic oxidation sites excluding steroid dienone is 1. The highest BCUT2D eigenvalue weighted by Crippen LogP contribution is 2.49. The Kier molecular flexibility index (Phi) is 6.60. The van der Waals surface area contributed by atoms with Crippen molar-refractivity contribution in [2.75, 3.05) is 4.90 Å². The topological polar surface area (TPSA) is 28.5 Å². The lowest BCUT2D eigenvalue weighted by atomic mass is 9.94. The molecule has 0 atom stereocenters. The van der Waals surface area contributed by atoms with Gasteiger partial charge in [0.05, 0.1) is 11.4 Å². The van der Waals surface area contributed by atoms with Gasteiger partial charge < -0.3 is 4.90 Å². The maximum absolute atomic E-state index is 4.63. The molecule has 47 heavy (non-hydrogen) atoms. The molecule has 2 aliphatic rings. The normalized spacial score (nSPS) is 13.0. The molecule has 0 saturated heterocycles.